The number of carbonyl (C=O) groups excluding carboxylic acids is 1. The molecule has 0 unspecified atom stereocenters. The molecule has 8 heteroatoms. The molecule has 0 aliphatic carbocycles. The van der Waals surface area contributed by atoms with Gasteiger partial charge in [0, 0.05) is 26.3 Å². The first-order chi connectivity index (χ1) is 12.2. The summed E-state index contributed by atoms with van der Waals surface area (Å²) in [6.45, 7) is 5.36. The van der Waals surface area contributed by atoms with Crippen LogP contribution in [0.1, 0.15) is 36.6 Å². The molecule has 2 aromatic rings. The van der Waals surface area contributed by atoms with E-state index in [1.54, 1.807) is 4.68 Å². The molecular weight excluding hydrogens is 318 g/mol. The van der Waals surface area contributed by atoms with Crippen molar-refractivity contribution in [1.29, 1.82) is 0 Å². The summed E-state index contributed by atoms with van der Waals surface area (Å²) >= 11 is 0. The lowest BCUT2D eigenvalue weighted by molar-refractivity contribution is -0.131. The summed E-state index contributed by atoms with van der Waals surface area (Å²) in [7, 11) is 1.87. The topological polar surface area (TPSA) is 72.1 Å². The van der Waals surface area contributed by atoms with Crippen LogP contribution in [0.25, 0.3) is 0 Å². The summed E-state index contributed by atoms with van der Waals surface area (Å²) in [6.07, 6.45) is 5.70. The number of aryl methyl sites for hydroxylation is 1. The van der Waals surface area contributed by atoms with Crippen LogP contribution in [-0.4, -0.2) is 59.9 Å². The smallest absolute Gasteiger partial charge is 0.229 e. The van der Waals surface area contributed by atoms with E-state index in [0.717, 1.165) is 56.5 Å². The Kier molecular flexibility index (Phi) is 4.52. The average molecular weight is 343 g/mol. The first-order valence-corrected chi connectivity index (χ1v) is 9.08. The summed E-state index contributed by atoms with van der Waals surface area (Å²) < 4.78 is 3.94. The molecule has 2 aliphatic heterocycles. The zero-order valence-corrected chi connectivity index (χ0v) is 14.8. The number of carbonyl (C=O) groups is 1. The highest BCUT2D eigenvalue weighted by atomic mass is 16.2. The molecule has 0 atom stereocenters. The van der Waals surface area contributed by atoms with Crippen molar-refractivity contribution in [3.63, 3.8) is 0 Å². The Hall–Kier alpha value is -2.22. The second-order valence-corrected chi connectivity index (χ2v) is 6.99. The Labute approximate surface area is 147 Å². The maximum atomic E-state index is 12.6. The second-order valence-electron chi connectivity index (χ2n) is 6.99. The van der Waals surface area contributed by atoms with Gasteiger partial charge in [0.2, 0.25) is 5.91 Å². The maximum absolute atomic E-state index is 12.6. The molecule has 0 bridgehead atoms. The summed E-state index contributed by atoms with van der Waals surface area (Å²) in [4.78, 5) is 17.0. The predicted molar refractivity (Wildman–Crippen MR) is 91.5 cm³/mol. The van der Waals surface area contributed by atoms with Crippen LogP contribution >= 0.6 is 0 Å². The van der Waals surface area contributed by atoms with Gasteiger partial charge in [-0.1, -0.05) is 0 Å². The Morgan fingerprint density at radius 1 is 1.12 bits per heavy atom. The highest BCUT2D eigenvalue weighted by Crippen LogP contribution is 2.17. The zero-order chi connectivity index (χ0) is 17.2. The molecule has 0 radical (unpaired) electrons. The van der Waals surface area contributed by atoms with Crippen LogP contribution in [0.15, 0.2) is 12.3 Å². The number of nitrogens with zero attached hydrogens (tertiary/aromatic N) is 7. The van der Waals surface area contributed by atoms with Gasteiger partial charge < -0.3 is 9.47 Å². The minimum absolute atomic E-state index is 0.108. The SMILES string of the molecule is Cn1ccc(CC(=O)N2CCCn3c(CN4CCCC4)nnc3C2)n1. The number of aromatic nitrogens is 5. The van der Waals surface area contributed by atoms with Gasteiger partial charge in [-0.3, -0.25) is 14.4 Å². The Morgan fingerprint density at radius 2 is 1.96 bits per heavy atom. The molecule has 25 heavy (non-hydrogen) atoms. The third-order valence-corrected chi connectivity index (χ3v) is 5.06. The molecule has 4 heterocycles. The van der Waals surface area contributed by atoms with E-state index in [9.17, 15) is 4.79 Å². The largest absolute Gasteiger partial charge is 0.335 e. The van der Waals surface area contributed by atoms with Crippen molar-refractivity contribution in [1.82, 2.24) is 34.3 Å². The van der Waals surface area contributed by atoms with Gasteiger partial charge in [-0.2, -0.15) is 5.10 Å². The fourth-order valence-corrected chi connectivity index (χ4v) is 3.71. The molecule has 1 amide bonds. The third kappa shape index (κ3) is 3.58. The zero-order valence-electron chi connectivity index (χ0n) is 14.8. The molecule has 1 fully saturated rings. The molecular formula is C17H25N7O. The molecule has 0 N–H and O–H groups in total. The van der Waals surface area contributed by atoms with Gasteiger partial charge in [-0.05, 0) is 38.4 Å². The maximum Gasteiger partial charge on any atom is 0.229 e. The number of amides is 1. The van der Waals surface area contributed by atoms with Crippen LogP contribution in [0.4, 0.5) is 0 Å². The van der Waals surface area contributed by atoms with Gasteiger partial charge in [0.05, 0.1) is 25.2 Å². The van der Waals surface area contributed by atoms with Crippen LogP contribution in [-0.2, 0) is 37.9 Å². The Morgan fingerprint density at radius 3 is 2.72 bits per heavy atom. The van der Waals surface area contributed by atoms with E-state index in [2.05, 4.69) is 24.8 Å². The molecule has 2 aromatic heterocycles. The van der Waals surface area contributed by atoms with Gasteiger partial charge in [-0.15, -0.1) is 10.2 Å². The van der Waals surface area contributed by atoms with Crippen LogP contribution in [0.5, 0.6) is 0 Å². The van der Waals surface area contributed by atoms with Crippen molar-refractivity contribution >= 4 is 5.91 Å². The summed E-state index contributed by atoms with van der Waals surface area (Å²) in [5, 5.41) is 13.1. The monoisotopic (exact) mass is 343 g/mol. The highest BCUT2D eigenvalue weighted by molar-refractivity contribution is 5.78. The molecule has 134 valence electrons. The highest BCUT2D eigenvalue weighted by Gasteiger charge is 2.24. The van der Waals surface area contributed by atoms with Crippen LogP contribution in [0, 0.1) is 0 Å². The van der Waals surface area contributed by atoms with Gasteiger partial charge in [0.25, 0.3) is 0 Å². The molecule has 0 spiro atoms. The van der Waals surface area contributed by atoms with E-state index in [1.807, 2.05) is 24.2 Å². The lowest BCUT2D eigenvalue weighted by Gasteiger charge is -2.18. The van der Waals surface area contributed by atoms with Crippen molar-refractivity contribution in [2.75, 3.05) is 19.6 Å². The minimum atomic E-state index is 0.108. The third-order valence-electron chi connectivity index (χ3n) is 5.06. The van der Waals surface area contributed by atoms with Gasteiger partial charge in [0.15, 0.2) is 5.82 Å². The van der Waals surface area contributed by atoms with E-state index in [1.165, 1.54) is 12.8 Å². The first kappa shape index (κ1) is 16.3. The molecule has 0 saturated carbocycles. The normalized spacial score (nSPS) is 18.4. The lowest BCUT2D eigenvalue weighted by atomic mass is 10.2. The van der Waals surface area contributed by atoms with Crippen molar-refractivity contribution in [2.45, 2.75) is 45.3 Å². The number of fused-ring (bicyclic) bond motifs is 1. The van der Waals surface area contributed by atoms with Crippen LogP contribution in [0.2, 0.25) is 0 Å². The quantitative estimate of drug-likeness (QED) is 0.812. The summed E-state index contributed by atoms with van der Waals surface area (Å²) in [5.74, 6) is 2.05. The first-order valence-electron chi connectivity index (χ1n) is 9.08. The Bertz CT molecular complexity index is 744. The van der Waals surface area contributed by atoms with E-state index < -0.39 is 0 Å². The number of rotatable bonds is 4. The van der Waals surface area contributed by atoms with Crippen LogP contribution in [0.3, 0.4) is 0 Å². The molecule has 4 rings (SSSR count). The van der Waals surface area contributed by atoms with Crippen molar-refractivity contribution < 1.29 is 4.79 Å². The fraction of sp³-hybridized carbons (Fsp3) is 0.647. The molecule has 1 saturated heterocycles. The van der Waals surface area contributed by atoms with E-state index in [4.69, 9.17) is 0 Å². The molecule has 2 aliphatic rings. The second kappa shape index (κ2) is 6.95. The van der Waals surface area contributed by atoms with E-state index in [0.29, 0.717) is 13.0 Å². The van der Waals surface area contributed by atoms with Crippen molar-refractivity contribution in [2.24, 2.45) is 7.05 Å². The Balaban J connectivity index is 1.44. The number of hydrogen-bond donors (Lipinski definition) is 0. The number of hydrogen-bond acceptors (Lipinski definition) is 5. The molecule has 0 aromatic carbocycles. The summed E-state index contributed by atoms with van der Waals surface area (Å²) in [5.41, 5.74) is 0.813. The van der Waals surface area contributed by atoms with Crippen molar-refractivity contribution in [3.05, 3.63) is 29.6 Å². The van der Waals surface area contributed by atoms with Gasteiger partial charge in [-0.25, -0.2) is 0 Å². The van der Waals surface area contributed by atoms with Gasteiger partial charge >= 0.3 is 0 Å². The minimum Gasteiger partial charge on any atom is -0.335 e. The van der Waals surface area contributed by atoms with Gasteiger partial charge in [0.1, 0.15) is 5.82 Å². The van der Waals surface area contributed by atoms with E-state index in [-0.39, 0.29) is 5.91 Å². The standard InChI is InChI=1S/C17H25N7O/c1-21-10-5-14(20-21)11-17(25)23-8-4-9-24-15(18-19-16(24)13-23)12-22-6-2-3-7-22/h5,10H,2-4,6-9,11-13H2,1H3. The lowest BCUT2D eigenvalue weighted by Crippen LogP contribution is -2.32. The fourth-order valence-electron chi connectivity index (χ4n) is 3.71. The average Bonchev–Trinajstić information content (AvgIpc) is 3.29. The van der Waals surface area contributed by atoms with Crippen LogP contribution < -0.4 is 0 Å². The predicted octanol–water partition coefficient (Wildman–Crippen LogP) is 0.582. The van der Waals surface area contributed by atoms with E-state index >= 15 is 0 Å². The molecule has 8 nitrogen and oxygen atoms in total. The number of likely N-dealkylation sites (tertiary alicyclic amines) is 1. The summed E-state index contributed by atoms with van der Waals surface area (Å²) in [6, 6.07) is 1.90. The van der Waals surface area contributed by atoms with Crippen molar-refractivity contribution in [3.8, 4) is 0 Å².